The molecule has 0 spiro atoms. The Morgan fingerprint density at radius 2 is 1.95 bits per heavy atom. The van der Waals surface area contributed by atoms with Gasteiger partial charge >= 0.3 is 0 Å². The smallest absolute Gasteiger partial charge is 0.285 e. The molecule has 0 radical (unpaired) electrons. The van der Waals surface area contributed by atoms with Gasteiger partial charge in [0.2, 0.25) is 5.88 Å². The largest absolute Gasteiger partial charge is 0.338 e. The van der Waals surface area contributed by atoms with Crippen molar-refractivity contribution >= 4 is 17.5 Å². The molecular weight excluding hydrogens is 288 g/mol. The monoisotopic (exact) mass is 297 g/mol. The molecule has 0 atom stereocenters. The summed E-state index contributed by atoms with van der Waals surface area (Å²) in [4.78, 5) is 21.8. The van der Waals surface area contributed by atoms with Gasteiger partial charge in [0.25, 0.3) is 11.6 Å². The predicted molar refractivity (Wildman–Crippen MR) is 66.9 cm³/mol. The van der Waals surface area contributed by atoms with Gasteiger partial charge in [0, 0.05) is 5.56 Å². The lowest BCUT2D eigenvalue weighted by molar-refractivity contribution is -0.385. The maximum atomic E-state index is 13.2. The molecule has 1 aromatic carbocycles. The van der Waals surface area contributed by atoms with E-state index in [9.17, 15) is 23.7 Å². The van der Waals surface area contributed by atoms with Crippen molar-refractivity contribution in [3.63, 3.8) is 0 Å². The lowest BCUT2D eigenvalue weighted by Gasteiger charge is -2.04. The van der Waals surface area contributed by atoms with E-state index in [1.807, 2.05) is 0 Å². The number of anilines is 1. The predicted octanol–water partition coefficient (Wildman–Crippen LogP) is 2.73. The number of hydrogen-bond acceptors (Lipinski definition) is 5. The lowest BCUT2D eigenvalue weighted by Crippen LogP contribution is -2.15. The van der Waals surface area contributed by atoms with Crippen LogP contribution in [0.15, 0.2) is 16.7 Å². The minimum Gasteiger partial charge on any atom is -0.338 e. The van der Waals surface area contributed by atoms with Crippen LogP contribution >= 0.6 is 0 Å². The van der Waals surface area contributed by atoms with E-state index in [4.69, 9.17) is 4.52 Å². The first-order valence-corrected chi connectivity index (χ1v) is 5.69. The first-order valence-electron chi connectivity index (χ1n) is 5.69. The molecule has 9 heteroatoms. The van der Waals surface area contributed by atoms with Gasteiger partial charge in [-0.3, -0.25) is 20.2 Å². The van der Waals surface area contributed by atoms with Gasteiger partial charge in [0.05, 0.1) is 16.7 Å². The van der Waals surface area contributed by atoms with Crippen molar-refractivity contribution in [3.8, 4) is 0 Å². The van der Waals surface area contributed by atoms with E-state index in [1.54, 1.807) is 13.8 Å². The Kier molecular flexibility index (Phi) is 3.66. The van der Waals surface area contributed by atoms with Crippen molar-refractivity contribution in [3.05, 3.63) is 50.7 Å². The number of rotatable bonds is 3. The van der Waals surface area contributed by atoms with Gasteiger partial charge in [-0.1, -0.05) is 5.16 Å². The fourth-order valence-electron chi connectivity index (χ4n) is 1.57. The first kappa shape index (κ1) is 14.6. The summed E-state index contributed by atoms with van der Waals surface area (Å²) in [5.74, 6) is -3.79. The molecule has 1 amide bonds. The molecule has 0 aliphatic heterocycles. The van der Waals surface area contributed by atoms with Crippen molar-refractivity contribution < 1.29 is 23.0 Å². The Balaban J connectivity index is 2.41. The number of carbonyl (C=O) groups excluding carboxylic acids is 1. The molecular formula is C12H9F2N3O4. The van der Waals surface area contributed by atoms with Crippen LogP contribution in [-0.4, -0.2) is 16.0 Å². The number of nitro groups is 1. The molecule has 7 nitrogen and oxygen atoms in total. The summed E-state index contributed by atoms with van der Waals surface area (Å²) in [5, 5.41) is 16.6. The number of hydrogen-bond donors (Lipinski definition) is 1. The normalized spacial score (nSPS) is 10.5. The summed E-state index contributed by atoms with van der Waals surface area (Å²) in [6.45, 7) is 3.25. The number of aromatic nitrogens is 1. The Labute approximate surface area is 116 Å². The second kappa shape index (κ2) is 5.27. The third kappa shape index (κ3) is 2.71. The van der Waals surface area contributed by atoms with Crippen molar-refractivity contribution in [1.82, 2.24) is 5.16 Å². The molecule has 0 fully saturated rings. The highest BCUT2D eigenvalue weighted by Gasteiger charge is 2.25. The van der Waals surface area contributed by atoms with E-state index in [1.165, 1.54) is 0 Å². The van der Waals surface area contributed by atoms with E-state index in [0.717, 1.165) is 0 Å². The molecule has 21 heavy (non-hydrogen) atoms. The average Bonchev–Trinajstić information content (AvgIpc) is 2.73. The third-order valence-corrected chi connectivity index (χ3v) is 2.86. The summed E-state index contributed by atoms with van der Waals surface area (Å²) in [5.41, 5.74) is -0.425. The fraction of sp³-hybridized carbons (Fsp3) is 0.167. The van der Waals surface area contributed by atoms with Gasteiger partial charge in [0.15, 0.2) is 11.6 Å². The molecule has 0 unspecified atom stereocenters. The van der Waals surface area contributed by atoms with Crippen LogP contribution in [-0.2, 0) is 0 Å². The maximum Gasteiger partial charge on any atom is 0.285 e. The van der Waals surface area contributed by atoms with Crippen molar-refractivity contribution in [2.75, 3.05) is 5.32 Å². The standard InChI is InChI=1S/C12H9F2N3O4/c1-5-6(2)16-21-12(5)15-11(18)7-3-8(13)9(14)4-10(7)17(19)20/h3-4H,1-2H3,(H,15,18). The topological polar surface area (TPSA) is 98.3 Å². The summed E-state index contributed by atoms with van der Waals surface area (Å²) in [7, 11) is 0. The van der Waals surface area contributed by atoms with Crippen LogP contribution in [0.4, 0.5) is 20.4 Å². The van der Waals surface area contributed by atoms with E-state index >= 15 is 0 Å². The van der Waals surface area contributed by atoms with Crippen LogP contribution in [0.2, 0.25) is 0 Å². The zero-order valence-corrected chi connectivity index (χ0v) is 10.9. The van der Waals surface area contributed by atoms with Crippen molar-refractivity contribution in [1.29, 1.82) is 0 Å². The third-order valence-electron chi connectivity index (χ3n) is 2.86. The Bertz CT molecular complexity index is 742. The van der Waals surface area contributed by atoms with Gasteiger partial charge in [0.1, 0.15) is 5.56 Å². The number of amides is 1. The van der Waals surface area contributed by atoms with Crippen LogP contribution in [0.5, 0.6) is 0 Å². The first-order chi connectivity index (χ1) is 9.81. The molecule has 1 aromatic heterocycles. The maximum absolute atomic E-state index is 13.2. The highest BCUT2D eigenvalue weighted by molar-refractivity contribution is 6.06. The van der Waals surface area contributed by atoms with Crippen LogP contribution in [0.3, 0.4) is 0 Å². The van der Waals surface area contributed by atoms with E-state index in [0.29, 0.717) is 23.4 Å². The summed E-state index contributed by atoms with van der Waals surface area (Å²) >= 11 is 0. The number of nitro benzene ring substituents is 1. The van der Waals surface area contributed by atoms with Crippen LogP contribution in [0.25, 0.3) is 0 Å². The molecule has 110 valence electrons. The molecule has 0 aliphatic rings. The number of aryl methyl sites for hydroxylation is 1. The Morgan fingerprint density at radius 3 is 2.48 bits per heavy atom. The molecule has 2 rings (SSSR count). The van der Waals surface area contributed by atoms with Crippen LogP contribution in [0, 0.1) is 35.6 Å². The SMILES string of the molecule is Cc1noc(NC(=O)c2cc(F)c(F)cc2[N+](=O)[O-])c1C. The molecule has 0 aliphatic carbocycles. The Morgan fingerprint density at radius 1 is 1.33 bits per heavy atom. The summed E-state index contributed by atoms with van der Waals surface area (Å²) in [6.07, 6.45) is 0. The molecule has 0 saturated heterocycles. The lowest BCUT2D eigenvalue weighted by atomic mass is 10.1. The zero-order valence-electron chi connectivity index (χ0n) is 10.9. The van der Waals surface area contributed by atoms with Gasteiger partial charge in [-0.05, 0) is 19.9 Å². The number of benzene rings is 1. The summed E-state index contributed by atoms with van der Waals surface area (Å²) in [6, 6.07) is 0.810. The molecule has 2 aromatic rings. The highest BCUT2D eigenvalue weighted by Crippen LogP contribution is 2.24. The number of carbonyl (C=O) groups is 1. The minimum atomic E-state index is -1.41. The van der Waals surface area contributed by atoms with Gasteiger partial charge in [-0.25, -0.2) is 8.78 Å². The molecule has 1 heterocycles. The number of nitrogens with one attached hydrogen (secondary N) is 1. The molecule has 0 bridgehead atoms. The average molecular weight is 297 g/mol. The van der Waals surface area contributed by atoms with Crippen LogP contribution in [0.1, 0.15) is 21.6 Å². The summed E-state index contributed by atoms with van der Waals surface area (Å²) < 4.78 is 31.1. The fourth-order valence-corrected chi connectivity index (χ4v) is 1.57. The number of nitrogens with zero attached hydrogens (tertiary/aromatic N) is 2. The van der Waals surface area contributed by atoms with E-state index in [-0.39, 0.29) is 5.88 Å². The zero-order chi connectivity index (χ0) is 15.7. The Hall–Kier alpha value is -2.84. The second-order valence-electron chi connectivity index (χ2n) is 4.22. The van der Waals surface area contributed by atoms with Gasteiger partial charge < -0.3 is 4.52 Å². The van der Waals surface area contributed by atoms with Gasteiger partial charge in [-0.15, -0.1) is 0 Å². The molecule has 0 saturated carbocycles. The molecule has 1 N–H and O–H groups in total. The van der Waals surface area contributed by atoms with E-state index < -0.39 is 33.7 Å². The highest BCUT2D eigenvalue weighted by atomic mass is 19.2. The van der Waals surface area contributed by atoms with Crippen molar-refractivity contribution in [2.24, 2.45) is 0 Å². The van der Waals surface area contributed by atoms with Crippen molar-refractivity contribution in [2.45, 2.75) is 13.8 Å². The van der Waals surface area contributed by atoms with Gasteiger partial charge in [-0.2, -0.15) is 0 Å². The second-order valence-corrected chi connectivity index (χ2v) is 4.22. The van der Waals surface area contributed by atoms with Crippen LogP contribution < -0.4 is 5.32 Å². The minimum absolute atomic E-state index is 0.0171. The number of halogens is 2. The van der Waals surface area contributed by atoms with E-state index in [2.05, 4.69) is 10.5 Å². The quantitative estimate of drug-likeness (QED) is 0.693.